The lowest BCUT2D eigenvalue weighted by Gasteiger charge is -2.44. The minimum absolute atomic E-state index is 0.119. The Kier molecular flexibility index (Phi) is 8.74. The van der Waals surface area contributed by atoms with Gasteiger partial charge in [-0.3, -0.25) is 9.69 Å². The predicted molar refractivity (Wildman–Crippen MR) is 120 cm³/mol. The van der Waals surface area contributed by atoms with E-state index in [1.807, 2.05) is 0 Å². The Morgan fingerprint density at radius 3 is 2.00 bits per heavy atom. The minimum Gasteiger partial charge on any atom is -0.481 e. The van der Waals surface area contributed by atoms with Gasteiger partial charge in [0.2, 0.25) is 0 Å². The number of alkyl halides is 9. The molecule has 0 amide bonds. The van der Waals surface area contributed by atoms with Crippen molar-refractivity contribution in [3.63, 3.8) is 0 Å². The smallest absolute Gasteiger partial charge is 0.416 e. The molecule has 3 nitrogen and oxygen atoms in total. The van der Waals surface area contributed by atoms with Crippen LogP contribution in [0.5, 0.6) is 0 Å². The molecule has 3 rings (SSSR count). The van der Waals surface area contributed by atoms with E-state index >= 15 is 0 Å². The standard InChI is InChI=1S/C26H26F9NO2/c1-2-4-20(23(37)38)19-5-3-12-36(22(19)15-6-8-17(9-7-15)24(27,28)29)14-16-13-18(25(30,31)32)10-11-21(16)26(33,34)35/h6-11,13,19-20,22H,2-5,12,14H2,1H3,(H,37,38). The Labute approximate surface area is 213 Å². The lowest BCUT2D eigenvalue weighted by Crippen LogP contribution is -2.43. The molecule has 210 valence electrons. The number of benzene rings is 2. The van der Waals surface area contributed by atoms with Crippen molar-refractivity contribution in [1.29, 1.82) is 0 Å². The van der Waals surface area contributed by atoms with Gasteiger partial charge >= 0.3 is 24.5 Å². The molecule has 0 aliphatic carbocycles. The highest BCUT2D eigenvalue weighted by atomic mass is 19.4. The largest absolute Gasteiger partial charge is 0.481 e. The molecule has 1 saturated heterocycles. The van der Waals surface area contributed by atoms with Crippen molar-refractivity contribution >= 4 is 5.97 Å². The van der Waals surface area contributed by atoms with Gasteiger partial charge < -0.3 is 5.11 Å². The molecule has 1 heterocycles. The summed E-state index contributed by atoms with van der Waals surface area (Å²) in [6.45, 7) is 1.27. The molecule has 1 aliphatic rings. The summed E-state index contributed by atoms with van der Waals surface area (Å²) in [5, 5.41) is 9.88. The predicted octanol–water partition coefficient (Wildman–Crippen LogP) is 8.20. The van der Waals surface area contributed by atoms with Crippen molar-refractivity contribution in [2.75, 3.05) is 6.54 Å². The first-order valence-corrected chi connectivity index (χ1v) is 11.9. The summed E-state index contributed by atoms with van der Waals surface area (Å²) in [6.07, 6.45) is -13.1. The van der Waals surface area contributed by atoms with Crippen LogP contribution in [-0.2, 0) is 29.9 Å². The third kappa shape index (κ3) is 6.81. The van der Waals surface area contributed by atoms with E-state index in [4.69, 9.17) is 0 Å². The monoisotopic (exact) mass is 555 g/mol. The van der Waals surface area contributed by atoms with Gasteiger partial charge in [0.25, 0.3) is 0 Å². The molecule has 12 heteroatoms. The topological polar surface area (TPSA) is 40.5 Å². The molecule has 0 spiro atoms. The first-order chi connectivity index (χ1) is 17.5. The molecule has 0 saturated carbocycles. The van der Waals surface area contributed by atoms with Crippen LogP contribution in [-0.4, -0.2) is 22.5 Å². The second-order valence-electron chi connectivity index (χ2n) is 9.44. The summed E-state index contributed by atoms with van der Waals surface area (Å²) in [4.78, 5) is 13.6. The second kappa shape index (κ2) is 11.2. The Balaban J connectivity index is 2.12. The third-order valence-electron chi connectivity index (χ3n) is 6.91. The van der Waals surface area contributed by atoms with Gasteiger partial charge in [-0.2, -0.15) is 39.5 Å². The molecule has 0 radical (unpaired) electrons. The number of hydrogen-bond donors (Lipinski definition) is 1. The SMILES string of the molecule is CCCC(C(=O)O)C1CCCN(Cc2cc(C(F)(F)F)ccc2C(F)(F)F)C1c1ccc(C(F)(F)F)cc1. The number of hydrogen-bond acceptors (Lipinski definition) is 2. The molecule has 0 aromatic heterocycles. The normalized spacial score (nSPS) is 20.4. The summed E-state index contributed by atoms with van der Waals surface area (Å²) in [5.74, 6) is -2.78. The maximum Gasteiger partial charge on any atom is 0.416 e. The van der Waals surface area contributed by atoms with Crippen LogP contribution in [0.3, 0.4) is 0 Å². The summed E-state index contributed by atoms with van der Waals surface area (Å²) in [5.41, 5.74) is -3.88. The Morgan fingerprint density at radius 2 is 1.50 bits per heavy atom. The Bertz CT molecular complexity index is 1110. The summed E-state index contributed by atoms with van der Waals surface area (Å²) in [6, 6.07) is 4.14. The van der Waals surface area contributed by atoms with E-state index in [0.29, 0.717) is 37.5 Å². The van der Waals surface area contributed by atoms with Crippen molar-refractivity contribution in [2.24, 2.45) is 11.8 Å². The van der Waals surface area contributed by atoms with Crippen LogP contribution < -0.4 is 0 Å². The number of carbonyl (C=O) groups is 1. The first kappa shape index (κ1) is 29.8. The molecule has 38 heavy (non-hydrogen) atoms. The average molecular weight is 555 g/mol. The molecule has 3 unspecified atom stereocenters. The van der Waals surface area contributed by atoms with Gasteiger partial charge in [0.05, 0.1) is 22.6 Å². The van der Waals surface area contributed by atoms with Crippen molar-refractivity contribution in [3.05, 3.63) is 70.3 Å². The lowest BCUT2D eigenvalue weighted by molar-refractivity contribution is -0.146. The molecular weight excluding hydrogens is 529 g/mol. The highest BCUT2D eigenvalue weighted by Gasteiger charge is 2.42. The summed E-state index contributed by atoms with van der Waals surface area (Å²) in [7, 11) is 0. The average Bonchev–Trinajstić information content (AvgIpc) is 2.80. The van der Waals surface area contributed by atoms with Crippen LogP contribution >= 0.6 is 0 Å². The number of nitrogens with zero attached hydrogens (tertiary/aromatic N) is 1. The number of likely N-dealkylation sites (tertiary alicyclic amines) is 1. The van der Waals surface area contributed by atoms with Crippen molar-refractivity contribution < 1.29 is 49.4 Å². The highest BCUT2D eigenvalue weighted by molar-refractivity contribution is 5.70. The molecule has 0 bridgehead atoms. The molecule has 1 fully saturated rings. The molecule has 2 aromatic carbocycles. The van der Waals surface area contributed by atoms with Crippen LogP contribution in [0.15, 0.2) is 42.5 Å². The van der Waals surface area contributed by atoms with Gasteiger partial charge in [-0.1, -0.05) is 25.5 Å². The zero-order valence-electron chi connectivity index (χ0n) is 20.2. The number of piperidine rings is 1. The molecular formula is C26H26F9NO2. The minimum atomic E-state index is -4.95. The number of carboxylic acids is 1. The second-order valence-corrected chi connectivity index (χ2v) is 9.44. The van der Waals surface area contributed by atoms with E-state index < -0.39 is 71.2 Å². The molecule has 2 aromatic rings. The van der Waals surface area contributed by atoms with Crippen molar-refractivity contribution in [2.45, 2.75) is 63.7 Å². The van der Waals surface area contributed by atoms with Gasteiger partial charge in [-0.15, -0.1) is 0 Å². The highest BCUT2D eigenvalue weighted by Crippen LogP contribution is 2.45. The van der Waals surface area contributed by atoms with Gasteiger partial charge in [0.1, 0.15) is 0 Å². The van der Waals surface area contributed by atoms with E-state index in [1.54, 1.807) is 6.92 Å². The Morgan fingerprint density at radius 1 is 0.921 bits per heavy atom. The third-order valence-corrected chi connectivity index (χ3v) is 6.91. The summed E-state index contributed by atoms with van der Waals surface area (Å²) >= 11 is 0. The number of carboxylic acid groups (broad SMARTS) is 1. The fraction of sp³-hybridized carbons (Fsp3) is 0.500. The van der Waals surface area contributed by atoms with E-state index in [2.05, 4.69) is 0 Å². The Hall–Kier alpha value is -2.76. The van der Waals surface area contributed by atoms with E-state index in [-0.39, 0.29) is 18.5 Å². The summed E-state index contributed by atoms with van der Waals surface area (Å²) < 4.78 is 121. The quantitative estimate of drug-likeness (QED) is 0.350. The number of halogens is 9. The van der Waals surface area contributed by atoms with Gasteiger partial charge in [-0.05, 0) is 73.2 Å². The zero-order valence-corrected chi connectivity index (χ0v) is 20.2. The van der Waals surface area contributed by atoms with Crippen molar-refractivity contribution in [1.82, 2.24) is 4.90 Å². The van der Waals surface area contributed by atoms with Crippen LogP contribution in [0.4, 0.5) is 39.5 Å². The van der Waals surface area contributed by atoms with E-state index in [0.717, 1.165) is 24.3 Å². The van der Waals surface area contributed by atoms with Crippen LogP contribution in [0.1, 0.15) is 66.5 Å². The van der Waals surface area contributed by atoms with Gasteiger partial charge in [-0.25, -0.2) is 0 Å². The van der Waals surface area contributed by atoms with Crippen LogP contribution in [0.25, 0.3) is 0 Å². The molecule has 3 atom stereocenters. The molecule has 1 aliphatic heterocycles. The van der Waals surface area contributed by atoms with E-state index in [1.165, 1.54) is 4.90 Å². The maximum absolute atomic E-state index is 13.7. The first-order valence-electron chi connectivity index (χ1n) is 11.9. The fourth-order valence-electron chi connectivity index (χ4n) is 5.25. The maximum atomic E-state index is 13.7. The van der Waals surface area contributed by atoms with Crippen LogP contribution in [0.2, 0.25) is 0 Å². The van der Waals surface area contributed by atoms with Crippen molar-refractivity contribution in [3.8, 4) is 0 Å². The number of aliphatic carboxylic acids is 1. The van der Waals surface area contributed by atoms with Gasteiger partial charge in [0, 0.05) is 12.6 Å². The molecule has 1 N–H and O–H groups in total. The number of rotatable bonds is 7. The fourth-order valence-corrected chi connectivity index (χ4v) is 5.25. The van der Waals surface area contributed by atoms with E-state index in [9.17, 15) is 49.4 Å². The van der Waals surface area contributed by atoms with Crippen LogP contribution in [0, 0.1) is 11.8 Å². The zero-order chi connectivity index (χ0) is 28.5. The lowest BCUT2D eigenvalue weighted by atomic mass is 9.74. The van der Waals surface area contributed by atoms with Gasteiger partial charge in [0.15, 0.2) is 0 Å².